The number of hydrogen-bond donors (Lipinski definition) is 0. The number of nitrogens with zero attached hydrogens (tertiary/aromatic N) is 2. The fourth-order valence-electron chi connectivity index (χ4n) is 7.71. The highest BCUT2D eigenvalue weighted by atomic mass is 16.7. The number of carbonyl (C=O) groups is 2. The number of morpholine rings is 2. The van der Waals surface area contributed by atoms with Crippen LogP contribution in [0.2, 0.25) is 0 Å². The Morgan fingerprint density at radius 2 is 1.08 bits per heavy atom. The quantitative estimate of drug-likeness (QED) is 0.311. The van der Waals surface area contributed by atoms with Crippen LogP contribution in [0.5, 0.6) is 0 Å². The first-order valence-corrected chi connectivity index (χ1v) is 17.2. The molecule has 6 rings (SSSR count). The van der Waals surface area contributed by atoms with Crippen LogP contribution in [0.4, 0.5) is 0 Å². The van der Waals surface area contributed by atoms with E-state index in [-0.39, 0.29) is 25.0 Å². The van der Waals surface area contributed by atoms with E-state index in [4.69, 9.17) is 33.2 Å². The molecule has 2 aliphatic carbocycles. The molecule has 2 aliphatic heterocycles. The van der Waals surface area contributed by atoms with Crippen LogP contribution >= 0.6 is 0 Å². The third-order valence-electron chi connectivity index (χ3n) is 9.90. The summed E-state index contributed by atoms with van der Waals surface area (Å²) in [5, 5.41) is 0. The zero-order valence-electron chi connectivity index (χ0n) is 28.9. The summed E-state index contributed by atoms with van der Waals surface area (Å²) in [6.07, 6.45) is 5.48. The fraction of sp³-hybridized carbons (Fsp3) is 0.526. The maximum absolute atomic E-state index is 14.9. The Morgan fingerprint density at radius 3 is 1.45 bits per heavy atom. The minimum absolute atomic E-state index is 0.160. The van der Waals surface area contributed by atoms with Gasteiger partial charge in [-0.25, -0.2) is 0 Å². The van der Waals surface area contributed by atoms with Crippen molar-refractivity contribution in [2.75, 3.05) is 80.0 Å². The molecule has 6 unspecified atom stereocenters. The van der Waals surface area contributed by atoms with E-state index in [0.717, 1.165) is 11.1 Å². The van der Waals surface area contributed by atoms with Gasteiger partial charge >= 0.3 is 0 Å². The Hall–Kier alpha value is -3.42. The minimum Gasteiger partial charge on any atom is -0.378 e. The Balaban J connectivity index is 1.65. The number of ether oxygens (including phenoxy) is 7. The van der Waals surface area contributed by atoms with Crippen LogP contribution in [-0.2, 0) is 53.9 Å². The molecule has 11 heteroatoms. The van der Waals surface area contributed by atoms with Crippen LogP contribution in [-0.4, -0.2) is 114 Å². The maximum atomic E-state index is 14.9. The lowest BCUT2D eigenvalue weighted by molar-refractivity contribution is -0.352. The van der Waals surface area contributed by atoms with Crippen molar-refractivity contribution in [1.29, 1.82) is 0 Å². The SMILES string of the molecule is CCOC(OC)C1(OC2(C(OC)OCC)c3ccccc3C=CC2C(=O)N2CCOCC2)c2ccccc2C=CC1C(=O)N1CCOCC1. The van der Waals surface area contributed by atoms with Crippen LogP contribution in [0.15, 0.2) is 60.7 Å². The highest BCUT2D eigenvalue weighted by molar-refractivity contribution is 5.87. The predicted molar refractivity (Wildman–Crippen MR) is 182 cm³/mol. The van der Waals surface area contributed by atoms with Gasteiger partial charge in [-0.1, -0.05) is 72.8 Å². The second-order valence-electron chi connectivity index (χ2n) is 12.5. The van der Waals surface area contributed by atoms with E-state index >= 15 is 0 Å². The summed E-state index contributed by atoms with van der Waals surface area (Å²) < 4.78 is 44.4. The lowest BCUT2D eigenvalue weighted by Crippen LogP contribution is -2.65. The molecule has 0 radical (unpaired) electrons. The van der Waals surface area contributed by atoms with Gasteiger partial charge in [0.1, 0.15) is 0 Å². The number of amides is 2. The average molecular weight is 677 g/mol. The average Bonchev–Trinajstić information content (AvgIpc) is 3.16. The van der Waals surface area contributed by atoms with Gasteiger partial charge in [0.2, 0.25) is 11.8 Å². The molecule has 0 aromatic heterocycles. The normalized spacial score (nSPS) is 27.7. The monoisotopic (exact) mass is 676 g/mol. The van der Waals surface area contributed by atoms with Gasteiger partial charge < -0.3 is 43.0 Å². The first-order chi connectivity index (χ1) is 24.0. The summed E-state index contributed by atoms with van der Waals surface area (Å²) in [4.78, 5) is 33.4. The van der Waals surface area contributed by atoms with Crippen molar-refractivity contribution in [3.05, 3.63) is 82.9 Å². The lowest BCUT2D eigenvalue weighted by atomic mass is 9.69. The molecular weight excluding hydrogens is 628 g/mol. The molecule has 264 valence electrons. The zero-order valence-corrected chi connectivity index (χ0v) is 28.9. The van der Waals surface area contributed by atoms with Crippen LogP contribution in [0.25, 0.3) is 12.2 Å². The number of hydrogen-bond acceptors (Lipinski definition) is 9. The summed E-state index contributed by atoms with van der Waals surface area (Å²) in [7, 11) is 3.10. The Kier molecular flexibility index (Phi) is 11.3. The third-order valence-corrected chi connectivity index (χ3v) is 9.90. The molecule has 2 fully saturated rings. The molecule has 0 bridgehead atoms. The summed E-state index contributed by atoms with van der Waals surface area (Å²) in [5.74, 6) is -2.17. The Labute approximate surface area is 288 Å². The molecule has 2 aromatic rings. The van der Waals surface area contributed by atoms with Crippen molar-refractivity contribution in [2.24, 2.45) is 11.8 Å². The Bertz CT molecular complexity index is 1410. The van der Waals surface area contributed by atoms with E-state index in [0.29, 0.717) is 63.7 Å². The van der Waals surface area contributed by atoms with Gasteiger partial charge in [0.25, 0.3) is 0 Å². The van der Waals surface area contributed by atoms with Crippen molar-refractivity contribution in [1.82, 2.24) is 9.80 Å². The first kappa shape index (κ1) is 35.4. The predicted octanol–water partition coefficient (Wildman–Crippen LogP) is 3.82. The smallest absolute Gasteiger partial charge is 0.233 e. The van der Waals surface area contributed by atoms with Gasteiger partial charge in [0.05, 0.1) is 38.3 Å². The van der Waals surface area contributed by atoms with E-state index in [1.165, 1.54) is 0 Å². The van der Waals surface area contributed by atoms with E-state index in [9.17, 15) is 9.59 Å². The standard InChI is InChI=1S/C38H48N2O9/c1-5-47-35(43-3)37(29-13-9-7-11-27(29)15-17-31(37)33(41)39-19-23-45-24-20-39)49-38(36(44-4)48-6-2)30-14-10-8-12-28(30)16-18-32(38)34(42)40-21-25-46-26-22-40/h7-18,31-32,35-36H,5-6,19-26H2,1-4H3. The highest BCUT2D eigenvalue weighted by Crippen LogP contribution is 2.55. The molecule has 6 atom stereocenters. The molecule has 4 aliphatic rings. The third kappa shape index (κ3) is 6.38. The van der Waals surface area contributed by atoms with Gasteiger partial charge in [-0.2, -0.15) is 0 Å². The van der Waals surface area contributed by atoms with Gasteiger partial charge in [0.15, 0.2) is 23.8 Å². The second-order valence-corrected chi connectivity index (χ2v) is 12.5. The van der Waals surface area contributed by atoms with Crippen molar-refractivity contribution >= 4 is 24.0 Å². The van der Waals surface area contributed by atoms with Crippen LogP contribution in [0, 0.1) is 11.8 Å². The molecular formula is C38H48N2O9. The molecule has 0 spiro atoms. The summed E-state index contributed by atoms with van der Waals surface area (Å²) >= 11 is 0. The van der Waals surface area contributed by atoms with E-state index in [1.807, 2.05) is 86.7 Å². The van der Waals surface area contributed by atoms with Gasteiger partial charge in [-0.05, 0) is 36.1 Å². The molecule has 0 N–H and O–H groups in total. The number of methoxy groups -OCH3 is 2. The lowest BCUT2D eigenvalue weighted by Gasteiger charge is -2.55. The number of fused-ring (bicyclic) bond motifs is 2. The van der Waals surface area contributed by atoms with Crippen molar-refractivity contribution < 1.29 is 42.7 Å². The van der Waals surface area contributed by atoms with Crippen LogP contribution in [0.1, 0.15) is 36.1 Å². The van der Waals surface area contributed by atoms with Crippen LogP contribution in [0.3, 0.4) is 0 Å². The first-order valence-electron chi connectivity index (χ1n) is 17.2. The molecule has 11 nitrogen and oxygen atoms in total. The molecule has 2 saturated heterocycles. The molecule has 0 saturated carbocycles. The summed E-state index contributed by atoms with van der Waals surface area (Å²) in [5.41, 5.74) is -0.180. The van der Waals surface area contributed by atoms with Gasteiger partial charge in [-0.15, -0.1) is 0 Å². The molecule has 2 aromatic carbocycles. The largest absolute Gasteiger partial charge is 0.378 e. The van der Waals surface area contributed by atoms with Crippen LogP contribution < -0.4 is 0 Å². The molecule has 2 heterocycles. The van der Waals surface area contributed by atoms with E-state index in [2.05, 4.69) is 0 Å². The number of carbonyl (C=O) groups excluding carboxylic acids is 2. The highest BCUT2D eigenvalue weighted by Gasteiger charge is 2.64. The minimum atomic E-state index is -1.62. The van der Waals surface area contributed by atoms with Gasteiger partial charge in [0, 0.05) is 53.6 Å². The van der Waals surface area contributed by atoms with Crippen molar-refractivity contribution in [3.63, 3.8) is 0 Å². The number of rotatable bonds is 12. The molecule has 49 heavy (non-hydrogen) atoms. The summed E-state index contributed by atoms with van der Waals surface area (Å²) in [6.45, 7) is 7.74. The fourth-order valence-corrected chi connectivity index (χ4v) is 7.71. The molecule has 2 amide bonds. The second kappa shape index (κ2) is 15.6. The van der Waals surface area contributed by atoms with Crippen molar-refractivity contribution in [3.8, 4) is 0 Å². The van der Waals surface area contributed by atoms with E-state index < -0.39 is 35.6 Å². The number of benzene rings is 2. The maximum Gasteiger partial charge on any atom is 0.233 e. The zero-order chi connectivity index (χ0) is 34.4. The summed E-state index contributed by atoms with van der Waals surface area (Å²) in [6, 6.07) is 15.6. The Morgan fingerprint density at radius 1 is 0.694 bits per heavy atom. The van der Waals surface area contributed by atoms with Gasteiger partial charge in [-0.3, -0.25) is 9.59 Å². The van der Waals surface area contributed by atoms with E-state index in [1.54, 1.807) is 24.0 Å². The van der Waals surface area contributed by atoms with Crippen molar-refractivity contribution in [2.45, 2.75) is 37.6 Å². The topological polar surface area (TPSA) is 105 Å².